The number of thiol groups is 1. The van der Waals surface area contributed by atoms with E-state index in [1.807, 2.05) is 13.8 Å². The van der Waals surface area contributed by atoms with Crippen LogP contribution in [0.25, 0.3) is 16.9 Å². The van der Waals surface area contributed by atoms with Crippen molar-refractivity contribution in [2.45, 2.75) is 24.9 Å². The second-order valence-corrected chi connectivity index (χ2v) is 5.22. The molecule has 6 heteroatoms. The Bertz CT molecular complexity index is 778. The van der Waals surface area contributed by atoms with Gasteiger partial charge in [0.2, 0.25) is 0 Å². The SMILES string of the molecule is CC.FC(F)(F)c1cc(-c2ccc(S)cc2)nn1-c1ccccc1. The first-order valence-electron chi connectivity index (χ1n) is 7.47. The minimum absolute atomic E-state index is 0.268. The molecule has 0 aliphatic carbocycles. The molecule has 3 aromatic rings. The fourth-order valence-corrected chi connectivity index (χ4v) is 2.27. The number of halogens is 3. The third-order valence-corrected chi connectivity index (χ3v) is 3.46. The highest BCUT2D eigenvalue weighted by atomic mass is 32.1. The summed E-state index contributed by atoms with van der Waals surface area (Å²) < 4.78 is 40.7. The predicted molar refractivity (Wildman–Crippen MR) is 92.6 cm³/mol. The van der Waals surface area contributed by atoms with Crippen LogP contribution in [0.5, 0.6) is 0 Å². The third-order valence-electron chi connectivity index (χ3n) is 3.16. The van der Waals surface area contributed by atoms with Crippen LogP contribution >= 0.6 is 12.6 Å². The lowest BCUT2D eigenvalue weighted by molar-refractivity contribution is -0.142. The van der Waals surface area contributed by atoms with Crippen molar-refractivity contribution in [3.63, 3.8) is 0 Å². The topological polar surface area (TPSA) is 17.8 Å². The van der Waals surface area contributed by atoms with E-state index in [0.29, 0.717) is 11.3 Å². The first kappa shape index (κ1) is 18.1. The van der Waals surface area contributed by atoms with E-state index in [1.165, 1.54) is 0 Å². The minimum atomic E-state index is -4.48. The molecule has 0 bridgehead atoms. The van der Waals surface area contributed by atoms with E-state index >= 15 is 0 Å². The third kappa shape index (κ3) is 4.00. The monoisotopic (exact) mass is 350 g/mol. The van der Waals surface area contributed by atoms with Crippen molar-refractivity contribution in [3.05, 3.63) is 66.4 Å². The van der Waals surface area contributed by atoms with Crippen LogP contribution in [0.4, 0.5) is 13.2 Å². The maximum absolute atomic E-state index is 13.3. The molecule has 0 atom stereocenters. The highest BCUT2D eigenvalue weighted by Gasteiger charge is 2.36. The van der Waals surface area contributed by atoms with Crippen molar-refractivity contribution >= 4 is 12.6 Å². The minimum Gasteiger partial charge on any atom is -0.228 e. The Kier molecular flexibility index (Phi) is 5.72. The van der Waals surface area contributed by atoms with Crippen molar-refractivity contribution in [1.82, 2.24) is 9.78 Å². The lowest BCUT2D eigenvalue weighted by Crippen LogP contribution is -2.13. The summed E-state index contributed by atoms with van der Waals surface area (Å²) >= 11 is 4.17. The average Bonchev–Trinajstić information content (AvgIpc) is 3.04. The smallest absolute Gasteiger partial charge is 0.228 e. The van der Waals surface area contributed by atoms with Crippen molar-refractivity contribution in [2.24, 2.45) is 0 Å². The van der Waals surface area contributed by atoms with Gasteiger partial charge in [-0.1, -0.05) is 44.2 Å². The van der Waals surface area contributed by atoms with Crippen molar-refractivity contribution in [1.29, 1.82) is 0 Å². The quantitative estimate of drug-likeness (QED) is 0.572. The van der Waals surface area contributed by atoms with Gasteiger partial charge in [0.15, 0.2) is 0 Å². The summed E-state index contributed by atoms with van der Waals surface area (Å²) in [6.45, 7) is 4.00. The fourth-order valence-electron chi connectivity index (χ4n) is 2.12. The normalized spacial score (nSPS) is 10.9. The van der Waals surface area contributed by atoms with Gasteiger partial charge in [-0.25, -0.2) is 4.68 Å². The number of hydrogen-bond donors (Lipinski definition) is 1. The van der Waals surface area contributed by atoms with Gasteiger partial charge in [0.1, 0.15) is 5.69 Å². The maximum Gasteiger partial charge on any atom is 0.433 e. The molecule has 2 nitrogen and oxygen atoms in total. The molecule has 0 saturated carbocycles. The van der Waals surface area contributed by atoms with Gasteiger partial charge in [0.25, 0.3) is 0 Å². The first-order valence-corrected chi connectivity index (χ1v) is 7.92. The summed E-state index contributed by atoms with van der Waals surface area (Å²) in [5.41, 5.74) is 0.443. The average molecular weight is 350 g/mol. The fraction of sp³-hybridized carbons (Fsp3) is 0.167. The van der Waals surface area contributed by atoms with Crippen molar-refractivity contribution < 1.29 is 13.2 Å². The van der Waals surface area contributed by atoms with Gasteiger partial charge in [-0.15, -0.1) is 12.6 Å². The molecule has 3 rings (SSSR count). The second kappa shape index (κ2) is 7.57. The standard InChI is InChI=1S/C16H11F3N2S.C2H6/c17-16(18,19)15-10-14(11-6-8-13(22)9-7-11)20-21(15)12-4-2-1-3-5-12;1-2/h1-10,22H;1-2H3. The summed E-state index contributed by atoms with van der Waals surface area (Å²) in [6, 6.07) is 16.1. The molecule has 0 radical (unpaired) electrons. The molecule has 0 spiro atoms. The molecule has 0 fully saturated rings. The molecular formula is C18H17F3N2S. The van der Waals surface area contributed by atoms with Crippen LogP contribution in [-0.4, -0.2) is 9.78 Å². The van der Waals surface area contributed by atoms with Crippen LogP contribution in [0.3, 0.4) is 0 Å². The van der Waals surface area contributed by atoms with E-state index in [9.17, 15) is 13.2 Å². The Morgan fingerprint density at radius 2 is 1.50 bits per heavy atom. The molecule has 0 amide bonds. The van der Waals surface area contributed by atoms with Gasteiger partial charge in [-0.3, -0.25) is 0 Å². The zero-order chi connectivity index (χ0) is 17.7. The van der Waals surface area contributed by atoms with Gasteiger partial charge in [0, 0.05) is 10.5 Å². The Morgan fingerprint density at radius 1 is 0.917 bits per heavy atom. The highest BCUT2D eigenvalue weighted by Crippen LogP contribution is 2.34. The lowest BCUT2D eigenvalue weighted by Gasteiger charge is -2.09. The molecule has 0 aliphatic rings. The molecule has 1 heterocycles. The summed E-state index contributed by atoms with van der Waals surface area (Å²) in [5, 5.41) is 4.12. The zero-order valence-electron chi connectivity index (χ0n) is 13.2. The van der Waals surface area contributed by atoms with Gasteiger partial charge in [0.05, 0.1) is 11.4 Å². The Hall–Kier alpha value is -2.21. The summed E-state index contributed by atoms with van der Waals surface area (Å²) in [6.07, 6.45) is -4.48. The van der Waals surface area contributed by atoms with Crippen LogP contribution in [-0.2, 0) is 6.18 Å². The lowest BCUT2D eigenvalue weighted by atomic mass is 10.1. The number of alkyl halides is 3. The zero-order valence-corrected chi connectivity index (χ0v) is 14.1. The Morgan fingerprint density at radius 3 is 2.04 bits per heavy atom. The van der Waals surface area contributed by atoms with Crippen LogP contribution in [0.2, 0.25) is 0 Å². The molecule has 0 unspecified atom stereocenters. The Labute approximate surface area is 144 Å². The molecule has 2 aromatic carbocycles. The van der Waals surface area contributed by atoms with Gasteiger partial charge >= 0.3 is 6.18 Å². The molecule has 24 heavy (non-hydrogen) atoms. The van der Waals surface area contributed by atoms with Crippen LogP contribution in [0, 0.1) is 0 Å². The number of para-hydroxylation sites is 1. The van der Waals surface area contributed by atoms with E-state index in [1.54, 1.807) is 54.6 Å². The maximum atomic E-state index is 13.3. The van der Waals surface area contributed by atoms with E-state index in [0.717, 1.165) is 15.6 Å². The predicted octanol–water partition coefficient (Wildman–Crippen LogP) is 5.87. The molecular weight excluding hydrogens is 333 g/mol. The second-order valence-electron chi connectivity index (χ2n) is 4.71. The summed E-state index contributed by atoms with van der Waals surface area (Å²) in [4.78, 5) is 0.738. The molecule has 0 aliphatic heterocycles. The number of nitrogens with zero attached hydrogens (tertiary/aromatic N) is 2. The molecule has 126 valence electrons. The largest absolute Gasteiger partial charge is 0.433 e. The number of benzene rings is 2. The highest BCUT2D eigenvalue weighted by molar-refractivity contribution is 7.80. The van der Waals surface area contributed by atoms with E-state index in [-0.39, 0.29) is 5.69 Å². The van der Waals surface area contributed by atoms with Crippen LogP contribution in [0.1, 0.15) is 19.5 Å². The number of hydrogen-bond acceptors (Lipinski definition) is 2. The van der Waals surface area contributed by atoms with Crippen molar-refractivity contribution in [2.75, 3.05) is 0 Å². The van der Waals surface area contributed by atoms with Gasteiger partial charge in [-0.05, 0) is 30.3 Å². The van der Waals surface area contributed by atoms with Crippen LogP contribution in [0.15, 0.2) is 65.6 Å². The van der Waals surface area contributed by atoms with Gasteiger partial charge in [-0.2, -0.15) is 18.3 Å². The number of rotatable bonds is 2. The van der Waals surface area contributed by atoms with Gasteiger partial charge < -0.3 is 0 Å². The first-order chi connectivity index (χ1) is 11.4. The summed E-state index contributed by atoms with van der Waals surface area (Å²) in [5.74, 6) is 0. The van der Waals surface area contributed by atoms with E-state index < -0.39 is 11.9 Å². The van der Waals surface area contributed by atoms with E-state index in [4.69, 9.17) is 0 Å². The molecule has 0 N–H and O–H groups in total. The summed E-state index contributed by atoms with van der Waals surface area (Å²) in [7, 11) is 0. The number of aromatic nitrogens is 2. The van der Waals surface area contributed by atoms with E-state index in [2.05, 4.69) is 17.7 Å². The molecule has 0 saturated heterocycles. The van der Waals surface area contributed by atoms with Crippen LogP contribution < -0.4 is 0 Å². The van der Waals surface area contributed by atoms with Crippen molar-refractivity contribution in [3.8, 4) is 16.9 Å². The Balaban J connectivity index is 0.00000100. The molecule has 1 aromatic heterocycles.